The van der Waals surface area contributed by atoms with Crippen molar-refractivity contribution in [1.82, 2.24) is 4.57 Å². The normalized spacial score (nSPS) is 12.7. The average molecular weight is 327 g/mol. The first-order chi connectivity index (χ1) is 8.49. The molecule has 4 nitrogen and oxygen atoms in total. The van der Waals surface area contributed by atoms with Crippen molar-refractivity contribution in [1.29, 1.82) is 0 Å². The van der Waals surface area contributed by atoms with Gasteiger partial charge in [-0.2, -0.15) is 8.42 Å². The van der Waals surface area contributed by atoms with Crippen LogP contribution in [0.1, 0.15) is 0 Å². The number of rotatable bonds is 2. The molecule has 0 amide bonds. The van der Waals surface area contributed by atoms with Crippen molar-refractivity contribution < 1.29 is 8.42 Å². The minimum Gasteiger partial charge on any atom is -0.335 e. The Hall–Kier alpha value is -1.40. The van der Waals surface area contributed by atoms with E-state index in [0.29, 0.717) is 5.49 Å². The molecule has 2 aromatic rings. The minimum absolute atomic E-state index is 0.176. The van der Waals surface area contributed by atoms with Gasteiger partial charge in [-0.05, 0) is 36.4 Å². The summed E-state index contributed by atoms with van der Waals surface area (Å²) < 4.78 is 30.4. The zero-order valence-corrected chi connectivity index (χ0v) is 12.0. The van der Waals surface area contributed by atoms with Crippen LogP contribution in [0.3, 0.4) is 0 Å². The largest absolute Gasteiger partial charge is 0.335 e. The van der Waals surface area contributed by atoms with E-state index in [-0.39, 0.29) is 4.90 Å². The molecule has 0 aliphatic rings. The first-order valence-electron chi connectivity index (χ1n) is 5.17. The monoisotopic (exact) mass is 326 g/mol. The van der Waals surface area contributed by atoms with Crippen molar-refractivity contribution in [3.8, 4) is 0 Å². The van der Waals surface area contributed by atoms with Crippen LogP contribution in [0.15, 0.2) is 62.4 Å². The predicted molar refractivity (Wildman–Crippen MR) is 72.3 cm³/mol. The third-order valence-corrected chi connectivity index (χ3v) is 4.18. The van der Waals surface area contributed by atoms with E-state index in [4.69, 9.17) is 0 Å². The van der Waals surface area contributed by atoms with Crippen LogP contribution in [-0.2, 0) is 17.1 Å². The molecule has 1 heterocycles. The summed E-state index contributed by atoms with van der Waals surface area (Å²) >= 11 is 3.26. The lowest BCUT2D eigenvalue weighted by Gasteiger charge is -2.01. The van der Waals surface area contributed by atoms with Gasteiger partial charge in [0.15, 0.2) is 0 Å². The zero-order valence-electron chi connectivity index (χ0n) is 9.62. The van der Waals surface area contributed by atoms with Crippen molar-refractivity contribution in [3.63, 3.8) is 0 Å². The van der Waals surface area contributed by atoms with Gasteiger partial charge in [0, 0.05) is 17.7 Å². The fourth-order valence-electron chi connectivity index (χ4n) is 1.39. The van der Waals surface area contributed by atoms with E-state index in [0.717, 1.165) is 4.47 Å². The quantitative estimate of drug-likeness (QED) is 0.848. The van der Waals surface area contributed by atoms with E-state index in [9.17, 15) is 8.42 Å². The number of aromatic nitrogens is 1. The van der Waals surface area contributed by atoms with Gasteiger partial charge in [0.25, 0.3) is 10.0 Å². The van der Waals surface area contributed by atoms with Crippen LogP contribution in [0.5, 0.6) is 0 Å². The molecule has 0 N–H and O–H groups in total. The Bertz CT molecular complexity index is 718. The van der Waals surface area contributed by atoms with Crippen LogP contribution in [0, 0.1) is 0 Å². The second-order valence-electron chi connectivity index (χ2n) is 3.69. The predicted octanol–water partition coefficient (Wildman–Crippen LogP) is 2.08. The number of sulfonamides is 1. The standard InChI is InChI=1S/C12H11BrN2O2S/c1-15-9-3-2-4-12(15)14-18(16,17)11-7-5-10(13)6-8-11/h2-9H,1H3/b14-12-. The topological polar surface area (TPSA) is 51.4 Å². The Morgan fingerprint density at radius 3 is 2.39 bits per heavy atom. The molecule has 0 radical (unpaired) electrons. The number of aryl methyl sites for hydroxylation is 1. The second kappa shape index (κ2) is 5.07. The lowest BCUT2D eigenvalue weighted by Crippen LogP contribution is -2.18. The number of benzene rings is 1. The van der Waals surface area contributed by atoms with Crippen LogP contribution < -0.4 is 5.49 Å². The van der Waals surface area contributed by atoms with E-state index in [2.05, 4.69) is 20.3 Å². The number of pyridine rings is 1. The van der Waals surface area contributed by atoms with Gasteiger partial charge in [0.1, 0.15) is 5.49 Å². The van der Waals surface area contributed by atoms with Crippen LogP contribution in [-0.4, -0.2) is 13.0 Å². The Kier molecular flexibility index (Phi) is 3.68. The van der Waals surface area contributed by atoms with Crippen LogP contribution >= 0.6 is 15.9 Å². The smallest absolute Gasteiger partial charge is 0.284 e. The molecule has 18 heavy (non-hydrogen) atoms. The molecule has 94 valence electrons. The summed E-state index contributed by atoms with van der Waals surface area (Å²) in [5, 5.41) is 0. The van der Waals surface area contributed by atoms with Gasteiger partial charge in [-0.1, -0.05) is 22.0 Å². The fraction of sp³-hybridized carbons (Fsp3) is 0.0833. The summed E-state index contributed by atoms with van der Waals surface area (Å²) in [7, 11) is -1.92. The van der Waals surface area contributed by atoms with Crippen molar-refractivity contribution in [2.24, 2.45) is 11.4 Å². The van der Waals surface area contributed by atoms with E-state index in [1.807, 2.05) is 6.07 Å². The fourth-order valence-corrected chi connectivity index (χ4v) is 2.68. The third-order valence-electron chi connectivity index (χ3n) is 2.35. The molecule has 2 rings (SSSR count). The average Bonchev–Trinajstić information content (AvgIpc) is 2.32. The maximum Gasteiger partial charge on any atom is 0.284 e. The van der Waals surface area contributed by atoms with Crippen LogP contribution in [0.25, 0.3) is 0 Å². The Labute approximate surface area is 114 Å². The molecule has 0 spiro atoms. The Morgan fingerprint density at radius 2 is 1.78 bits per heavy atom. The lowest BCUT2D eigenvalue weighted by atomic mass is 10.4. The van der Waals surface area contributed by atoms with Gasteiger partial charge in [0.2, 0.25) is 0 Å². The van der Waals surface area contributed by atoms with Gasteiger partial charge in [0.05, 0.1) is 4.90 Å². The molecule has 0 unspecified atom stereocenters. The minimum atomic E-state index is -3.67. The summed E-state index contributed by atoms with van der Waals surface area (Å²) in [6, 6.07) is 11.6. The highest BCUT2D eigenvalue weighted by Crippen LogP contribution is 2.15. The van der Waals surface area contributed by atoms with Crippen molar-refractivity contribution in [2.75, 3.05) is 0 Å². The summed E-state index contributed by atoms with van der Waals surface area (Å²) in [5.74, 6) is 0. The molecule has 0 aliphatic heterocycles. The summed E-state index contributed by atoms with van der Waals surface area (Å²) in [5.41, 5.74) is 0.389. The number of hydrogen-bond acceptors (Lipinski definition) is 2. The maximum absolute atomic E-state index is 12.1. The molecular formula is C12H11BrN2O2S. The number of nitrogens with zero attached hydrogens (tertiary/aromatic N) is 2. The van der Waals surface area contributed by atoms with Crippen molar-refractivity contribution in [3.05, 3.63) is 58.6 Å². The zero-order chi connectivity index (χ0) is 13.2. The molecule has 0 atom stereocenters. The lowest BCUT2D eigenvalue weighted by molar-refractivity contribution is 0.595. The molecular weight excluding hydrogens is 316 g/mol. The first kappa shape index (κ1) is 13.0. The first-order valence-corrected chi connectivity index (χ1v) is 7.40. The van der Waals surface area contributed by atoms with Gasteiger partial charge >= 0.3 is 0 Å². The van der Waals surface area contributed by atoms with Crippen LogP contribution in [0.2, 0.25) is 0 Å². The molecule has 0 bridgehead atoms. The number of halogens is 1. The van der Waals surface area contributed by atoms with E-state index < -0.39 is 10.0 Å². The van der Waals surface area contributed by atoms with Crippen molar-refractivity contribution in [2.45, 2.75) is 4.90 Å². The van der Waals surface area contributed by atoms with Gasteiger partial charge in [-0.25, -0.2) is 0 Å². The molecule has 1 aromatic carbocycles. The van der Waals surface area contributed by atoms with E-state index >= 15 is 0 Å². The van der Waals surface area contributed by atoms with Gasteiger partial charge in [-0.3, -0.25) is 0 Å². The molecule has 0 fully saturated rings. The Morgan fingerprint density at radius 1 is 1.11 bits per heavy atom. The Balaban J connectivity index is 2.55. The highest BCUT2D eigenvalue weighted by atomic mass is 79.9. The molecule has 6 heteroatoms. The highest BCUT2D eigenvalue weighted by Gasteiger charge is 2.11. The third kappa shape index (κ3) is 2.88. The number of hydrogen-bond donors (Lipinski definition) is 0. The van der Waals surface area contributed by atoms with Gasteiger partial charge in [-0.15, -0.1) is 4.40 Å². The van der Waals surface area contributed by atoms with Crippen molar-refractivity contribution >= 4 is 26.0 Å². The maximum atomic E-state index is 12.1. The SMILES string of the molecule is Cn1cccc/c1=N/S(=O)(=O)c1ccc(Br)cc1. The molecule has 1 aromatic heterocycles. The van der Waals surface area contributed by atoms with E-state index in [1.54, 1.807) is 42.1 Å². The second-order valence-corrected chi connectivity index (χ2v) is 6.21. The van der Waals surface area contributed by atoms with Crippen LogP contribution in [0.4, 0.5) is 0 Å². The molecule has 0 saturated carbocycles. The summed E-state index contributed by atoms with van der Waals surface area (Å²) in [6.45, 7) is 0. The summed E-state index contributed by atoms with van der Waals surface area (Å²) in [4.78, 5) is 0.176. The van der Waals surface area contributed by atoms with Gasteiger partial charge < -0.3 is 4.57 Å². The highest BCUT2D eigenvalue weighted by molar-refractivity contribution is 9.10. The van der Waals surface area contributed by atoms with E-state index in [1.165, 1.54) is 12.1 Å². The molecule has 0 aliphatic carbocycles. The molecule has 0 saturated heterocycles. The summed E-state index contributed by atoms with van der Waals surface area (Å²) in [6.07, 6.45) is 1.75.